The van der Waals surface area contributed by atoms with E-state index in [-0.39, 0.29) is 11.9 Å². The second kappa shape index (κ2) is 6.76. The second-order valence-electron chi connectivity index (χ2n) is 6.77. The molecule has 0 heterocycles. The summed E-state index contributed by atoms with van der Waals surface area (Å²) in [6.45, 7) is 0. The van der Waals surface area contributed by atoms with Crippen molar-refractivity contribution in [2.24, 2.45) is 5.92 Å². The minimum atomic E-state index is -0.446. The summed E-state index contributed by atoms with van der Waals surface area (Å²) >= 11 is 0. The Kier molecular flexibility index (Phi) is 4.28. The number of nitrogens with two attached hydrogens (primary N) is 1. The van der Waals surface area contributed by atoms with E-state index < -0.39 is 12.0 Å². The van der Waals surface area contributed by atoms with E-state index >= 15 is 0 Å². The van der Waals surface area contributed by atoms with Crippen molar-refractivity contribution in [1.82, 2.24) is 5.32 Å². The number of fused-ring (bicyclic) bond motifs is 2. The van der Waals surface area contributed by atoms with Gasteiger partial charge in [0.15, 0.2) is 0 Å². The molecule has 0 radical (unpaired) electrons. The number of esters is 1. The Morgan fingerprint density at radius 2 is 1.70 bits per heavy atom. The monoisotopic (exact) mass is 360 g/mol. The Morgan fingerprint density at radius 3 is 2.44 bits per heavy atom. The maximum atomic E-state index is 13.0. The van der Waals surface area contributed by atoms with Gasteiger partial charge in [-0.15, -0.1) is 0 Å². The SMILES string of the molecule is COC(=O)C1Cc2ccccc2C1NC(=O)c1cc2ccccc2cc1N. The molecule has 4 rings (SSSR count). The van der Waals surface area contributed by atoms with Crippen LogP contribution in [-0.2, 0) is 16.0 Å². The number of anilines is 1. The lowest BCUT2D eigenvalue weighted by Gasteiger charge is -2.21. The van der Waals surface area contributed by atoms with Crippen molar-refractivity contribution >= 4 is 28.3 Å². The first-order valence-corrected chi connectivity index (χ1v) is 8.83. The molecular formula is C22H20N2O3. The molecule has 1 aliphatic carbocycles. The second-order valence-corrected chi connectivity index (χ2v) is 6.77. The predicted molar refractivity (Wildman–Crippen MR) is 104 cm³/mol. The van der Waals surface area contributed by atoms with E-state index in [1.807, 2.05) is 48.5 Å². The fraction of sp³-hybridized carbons (Fsp3) is 0.182. The average Bonchev–Trinajstić information content (AvgIpc) is 3.05. The lowest BCUT2D eigenvalue weighted by molar-refractivity contribution is -0.146. The van der Waals surface area contributed by atoms with Gasteiger partial charge >= 0.3 is 5.97 Å². The Labute approximate surface area is 157 Å². The third-order valence-electron chi connectivity index (χ3n) is 5.19. The summed E-state index contributed by atoms with van der Waals surface area (Å²) in [6, 6.07) is 18.6. The van der Waals surface area contributed by atoms with Crippen LogP contribution >= 0.6 is 0 Å². The van der Waals surface area contributed by atoms with Crippen LogP contribution in [0.3, 0.4) is 0 Å². The van der Waals surface area contributed by atoms with Crippen molar-refractivity contribution in [1.29, 1.82) is 0 Å². The number of carbonyl (C=O) groups excluding carboxylic acids is 2. The maximum Gasteiger partial charge on any atom is 0.311 e. The van der Waals surface area contributed by atoms with Crippen LogP contribution in [0, 0.1) is 5.92 Å². The molecule has 136 valence electrons. The van der Waals surface area contributed by atoms with Crippen LogP contribution in [0.1, 0.15) is 27.5 Å². The fourth-order valence-corrected chi connectivity index (χ4v) is 3.82. The molecule has 5 heteroatoms. The highest BCUT2D eigenvalue weighted by atomic mass is 16.5. The number of nitrogens with one attached hydrogen (secondary N) is 1. The van der Waals surface area contributed by atoms with Crippen LogP contribution in [-0.4, -0.2) is 19.0 Å². The van der Waals surface area contributed by atoms with Gasteiger partial charge in [-0.2, -0.15) is 0 Å². The number of hydrogen-bond acceptors (Lipinski definition) is 4. The normalized spacial score (nSPS) is 18.1. The molecule has 5 nitrogen and oxygen atoms in total. The molecule has 27 heavy (non-hydrogen) atoms. The molecule has 1 amide bonds. The van der Waals surface area contributed by atoms with Crippen molar-refractivity contribution in [3.63, 3.8) is 0 Å². The standard InChI is InChI=1S/C22H20N2O3/c1-27-22(26)18-11-15-8-4-5-9-16(15)20(18)24-21(25)17-10-13-6-2-3-7-14(13)12-19(17)23/h2-10,12,18,20H,11,23H2,1H3,(H,24,25). The summed E-state index contributed by atoms with van der Waals surface area (Å²) in [5.74, 6) is -1.07. The molecule has 0 bridgehead atoms. The molecule has 3 aromatic carbocycles. The number of methoxy groups -OCH3 is 1. The van der Waals surface area contributed by atoms with Crippen molar-refractivity contribution < 1.29 is 14.3 Å². The summed E-state index contributed by atoms with van der Waals surface area (Å²) in [7, 11) is 1.37. The number of amides is 1. The first-order valence-electron chi connectivity index (χ1n) is 8.83. The van der Waals surface area contributed by atoms with Crippen LogP contribution in [0.4, 0.5) is 5.69 Å². The van der Waals surface area contributed by atoms with E-state index in [1.165, 1.54) is 7.11 Å². The number of hydrogen-bond donors (Lipinski definition) is 2. The highest BCUT2D eigenvalue weighted by Crippen LogP contribution is 2.37. The van der Waals surface area contributed by atoms with E-state index in [1.54, 1.807) is 12.1 Å². The summed E-state index contributed by atoms with van der Waals surface area (Å²) < 4.78 is 4.95. The Balaban J connectivity index is 1.68. The molecule has 1 aliphatic rings. The minimum Gasteiger partial charge on any atom is -0.469 e. The molecule has 2 unspecified atom stereocenters. The maximum absolute atomic E-state index is 13.0. The zero-order valence-corrected chi connectivity index (χ0v) is 14.9. The van der Waals surface area contributed by atoms with Crippen LogP contribution in [0.5, 0.6) is 0 Å². The summed E-state index contributed by atoms with van der Waals surface area (Å²) in [5, 5.41) is 4.92. The molecule has 2 atom stereocenters. The summed E-state index contributed by atoms with van der Waals surface area (Å²) in [4.78, 5) is 25.2. The topological polar surface area (TPSA) is 81.4 Å². The molecule has 3 N–H and O–H groups in total. The van der Waals surface area contributed by atoms with Gasteiger partial charge in [0.25, 0.3) is 5.91 Å². The van der Waals surface area contributed by atoms with Gasteiger partial charge in [0.05, 0.1) is 24.6 Å². The highest BCUT2D eigenvalue weighted by molar-refractivity contribution is 6.04. The molecule has 0 fully saturated rings. The van der Waals surface area contributed by atoms with Gasteiger partial charge < -0.3 is 15.8 Å². The number of ether oxygens (including phenoxy) is 1. The van der Waals surface area contributed by atoms with Gasteiger partial charge in [-0.05, 0) is 40.5 Å². The third-order valence-corrected chi connectivity index (χ3v) is 5.19. The smallest absolute Gasteiger partial charge is 0.311 e. The Hall–Kier alpha value is -3.34. The highest BCUT2D eigenvalue weighted by Gasteiger charge is 2.39. The quantitative estimate of drug-likeness (QED) is 0.555. The van der Waals surface area contributed by atoms with Gasteiger partial charge in [0.1, 0.15) is 0 Å². The lowest BCUT2D eigenvalue weighted by Crippen LogP contribution is -2.35. The molecule has 0 saturated heterocycles. The molecule has 0 aliphatic heterocycles. The van der Waals surface area contributed by atoms with E-state index in [2.05, 4.69) is 5.32 Å². The van der Waals surface area contributed by atoms with E-state index in [0.29, 0.717) is 17.7 Å². The average molecular weight is 360 g/mol. The van der Waals surface area contributed by atoms with Crippen molar-refractivity contribution in [3.05, 3.63) is 77.4 Å². The van der Waals surface area contributed by atoms with Gasteiger partial charge in [-0.25, -0.2) is 0 Å². The first-order chi connectivity index (χ1) is 13.1. The Morgan fingerprint density at radius 1 is 1.04 bits per heavy atom. The van der Waals surface area contributed by atoms with Crippen LogP contribution < -0.4 is 11.1 Å². The minimum absolute atomic E-state index is 0.297. The number of rotatable bonds is 3. The van der Waals surface area contributed by atoms with Crippen molar-refractivity contribution in [3.8, 4) is 0 Å². The molecular weight excluding hydrogens is 340 g/mol. The van der Waals surface area contributed by atoms with Crippen molar-refractivity contribution in [2.75, 3.05) is 12.8 Å². The molecule has 3 aromatic rings. The molecule has 0 saturated carbocycles. The lowest BCUT2D eigenvalue weighted by atomic mass is 9.99. The van der Waals surface area contributed by atoms with E-state index in [9.17, 15) is 9.59 Å². The van der Waals surface area contributed by atoms with Gasteiger partial charge in [0.2, 0.25) is 0 Å². The van der Waals surface area contributed by atoms with Gasteiger partial charge in [-0.3, -0.25) is 9.59 Å². The van der Waals surface area contributed by atoms with E-state index in [0.717, 1.165) is 21.9 Å². The number of nitrogen functional groups attached to an aromatic ring is 1. The Bertz CT molecular complexity index is 1040. The van der Waals surface area contributed by atoms with Gasteiger partial charge in [0, 0.05) is 5.69 Å². The predicted octanol–water partition coefficient (Wildman–Crippen LogP) is 3.24. The zero-order chi connectivity index (χ0) is 19.0. The largest absolute Gasteiger partial charge is 0.469 e. The first kappa shape index (κ1) is 17.1. The fourth-order valence-electron chi connectivity index (χ4n) is 3.82. The summed E-state index contributed by atoms with van der Waals surface area (Å²) in [5.41, 5.74) is 8.93. The van der Waals surface area contributed by atoms with Gasteiger partial charge in [-0.1, -0.05) is 48.5 Å². The van der Waals surface area contributed by atoms with E-state index in [4.69, 9.17) is 10.5 Å². The van der Waals surface area contributed by atoms with Crippen molar-refractivity contribution in [2.45, 2.75) is 12.5 Å². The summed E-state index contributed by atoms with van der Waals surface area (Å²) in [6.07, 6.45) is 0.543. The number of carbonyl (C=O) groups is 2. The van der Waals surface area contributed by atoms with Crippen LogP contribution in [0.25, 0.3) is 10.8 Å². The molecule has 0 aromatic heterocycles. The number of benzene rings is 3. The van der Waals surface area contributed by atoms with Crippen LogP contribution in [0.15, 0.2) is 60.7 Å². The van der Waals surface area contributed by atoms with Crippen LogP contribution in [0.2, 0.25) is 0 Å². The third kappa shape index (κ3) is 3.01. The molecule has 0 spiro atoms. The zero-order valence-electron chi connectivity index (χ0n) is 14.9.